The highest BCUT2D eigenvalue weighted by Gasteiger charge is 1.96. The van der Waals surface area contributed by atoms with Gasteiger partial charge in [0.15, 0.2) is 0 Å². The molecule has 0 fully saturated rings. The minimum Gasteiger partial charge on any atom is -0.478 e. The van der Waals surface area contributed by atoms with Crippen molar-refractivity contribution in [3.05, 3.63) is 35.9 Å². The average molecular weight is 153 g/mol. The van der Waals surface area contributed by atoms with Crippen LogP contribution in [-0.2, 0) is 0 Å². The van der Waals surface area contributed by atoms with Crippen LogP contribution < -0.4 is 5.73 Å². The summed E-state index contributed by atoms with van der Waals surface area (Å²) in [5.41, 5.74) is 4.83. The Labute approximate surface area is 65.5 Å². The van der Waals surface area contributed by atoms with Crippen molar-refractivity contribution in [3.63, 3.8) is 0 Å². The van der Waals surface area contributed by atoms with Crippen LogP contribution in [0, 0.1) is 0 Å². The Hall–Kier alpha value is -1.35. The van der Waals surface area contributed by atoms with Crippen LogP contribution in [0.15, 0.2) is 30.3 Å². The second-order valence-corrected chi connectivity index (χ2v) is 1.67. The Morgan fingerprint density at radius 2 is 1.73 bits per heavy atom. The molecule has 1 aromatic carbocycles. The van der Waals surface area contributed by atoms with Gasteiger partial charge >= 0.3 is 5.97 Å². The number of hydrogen-bond donors (Lipinski definition) is 2. The number of carbonyl (C=O) groups is 1. The van der Waals surface area contributed by atoms with Gasteiger partial charge < -0.3 is 10.8 Å². The fourth-order valence-electron chi connectivity index (χ4n) is 0.581. The Bertz CT molecular complexity index is 209. The van der Waals surface area contributed by atoms with Crippen LogP contribution in [-0.4, -0.2) is 18.1 Å². The lowest BCUT2D eigenvalue weighted by atomic mass is 10.2. The standard InChI is InChI=1S/C7H6O2.CH5N/c8-7(9)6-4-2-1-3-5-6;1-2/h1-5H,(H,8,9);2H2,1H3. The molecule has 0 saturated heterocycles. The lowest BCUT2D eigenvalue weighted by Gasteiger charge is -1.88. The average Bonchev–Trinajstić information content (AvgIpc) is 2.10. The first-order valence-corrected chi connectivity index (χ1v) is 3.17. The quantitative estimate of drug-likeness (QED) is 0.631. The molecular weight excluding hydrogens is 142 g/mol. The van der Waals surface area contributed by atoms with Crippen molar-refractivity contribution in [1.29, 1.82) is 0 Å². The SMILES string of the molecule is CN.O=C(O)c1ccccc1. The molecule has 3 nitrogen and oxygen atoms in total. The molecule has 0 spiro atoms. The van der Waals surface area contributed by atoms with Gasteiger partial charge in [0.25, 0.3) is 0 Å². The van der Waals surface area contributed by atoms with E-state index in [0.29, 0.717) is 5.56 Å². The molecule has 0 unspecified atom stereocenters. The van der Waals surface area contributed by atoms with E-state index >= 15 is 0 Å². The molecule has 0 aliphatic carbocycles. The summed E-state index contributed by atoms with van der Waals surface area (Å²) in [6.07, 6.45) is 0. The second-order valence-electron chi connectivity index (χ2n) is 1.67. The van der Waals surface area contributed by atoms with Crippen LogP contribution in [0.4, 0.5) is 0 Å². The van der Waals surface area contributed by atoms with Gasteiger partial charge in [-0.3, -0.25) is 0 Å². The molecule has 0 aliphatic heterocycles. The molecular formula is C8H11NO2. The van der Waals surface area contributed by atoms with E-state index in [2.05, 4.69) is 5.73 Å². The topological polar surface area (TPSA) is 63.3 Å². The number of rotatable bonds is 1. The van der Waals surface area contributed by atoms with E-state index in [9.17, 15) is 4.79 Å². The summed E-state index contributed by atoms with van der Waals surface area (Å²) in [5, 5.41) is 8.38. The highest BCUT2D eigenvalue weighted by Crippen LogP contribution is 1.96. The van der Waals surface area contributed by atoms with Crippen LogP contribution in [0.3, 0.4) is 0 Å². The molecule has 0 radical (unpaired) electrons. The van der Waals surface area contributed by atoms with Gasteiger partial charge in [-0.2, -0.15) is 0 Å². The van der Waals surface area contributed by atoms with Crippen LogP contribution in [0.5, 0.6) is 0 Å². The van der Waals surface area contributed by atoms with Crippen molar-refractivity contribution in [1.82, 2.24) is 0 Å². The third-order valence-corrected chi connectivity index (χ3v) is 1.02. The number of carboxylic acid groups (broad SMARTS) is 1. The van der Waals surface area contributed by atoms with E-state index in [0.717, 1.165) is 0 Å². The molecule has 1 rings (SSSR count). The highest BCUT2D eigenvalue weighted by molar-refractivity contribution is 5.87. The zero-order valence-electron chi connectivity index (χ0n) is 6.32. The summed E-state index contributed by atoms with van der Waals surface area (Å²) in [6.45, 7) is 0. The molecule has 0 bridgehead atoms. The Morgan fingerprint density at radius 1 is 1.27 bits per heavy atom. The van der Waals surface area contributed by atoms with E-state index in [-0.39, 0.29) is 0 Å². The van der Waals surface area contributed by atoms with Gasteiger partial charge in [0.1, 0.15) is 0 Å². The first kappa shape index (κ1) is 9.65. The number of carboxylic acids is 1. The molecule has 0 aliphatic rings. The lowest BCUT2D eigenvalue weighted by molar-refractivity contribution is 0.0697. The molecule has 0 atom stereocenters. The molecule has 0 saturated carbocycles. The molecule has 0 heterocycles. The molecule has 1 aromatic rings. The van der Waals surface area contributed by atoms with E-state index in [1.54, 1.807) is 30.3 Å². The molecule has 3 N–H and O–H groups in total. The largest absolute Gasteiger partial charge is 0.478 e. The zero-order chi connectivity index (χ0) is 8.69. The summed E-state index contributed by atoms with van der Waals surface area (Å²) in [4.78, 5) is 10.2. The van der Waals surface area contributed by atoms with Crippen molar-refractivity contribution in [3.8, 4) is 0 Å². The number of nitrogens with two attached hydrogens (primary N) is 1. The van der Waals surface area contributed by atoms with Gasteiger partial charge in [0.2, 0.25) is 0 Å². The maximum Gasteiger partial charge on any atom is 0.335 e. The second kappa shape index (κ2) is 5.44. The fraction of sp³-hybridized carbons (Fsp3) is 0.125. The molecule has 60 valence electrons. The minimum atomic E-state index is -0.879. The van der Waals surface area contributed by atoms with E-state index in [4.69, 9.17) is 5.11 Å². The molecule has 3 heteroatoms. The summed E-state index contributed by atoms with van der Waals surface area (Å²) < 4.78 is 0. The highest BCUT2D eigenvalue weighted by atomic mass is 16.4. The number of benzene rings is 1. The maximum atomic E-state index is 10.2. The van der Waals surface area contributed by atoms with Gasteiger partial charge in [-0.05, 0) is 19.2 Å². The molecule has 11 heavy (non-hydrogen) atoms. The fourth-order valence-corrected chi connectivity index (χ4v) is 0.581. The predicted molar refractivity (Wildman–Crippen MR) is 43.5 cm³/mol. The summed E-state index contributed by atoms with van der Waals surface area (Å²) in [5.74, 6) is -0.879. The van der Waals surface area contributed by atoms with Crippen molar-refractivity contribution in [2.45, 2.75) is 0 Å². The third kappa shape index (κ3) is 3.37. The first-order valence-electron chi connectivity index (χ1n) is 3.17. The van der Waals surface area contributed by atoms with E-state index in [1.165, 1.54) is 7.05 Å². The third-order valence-electron chi connectivity index (χ3n) is 1.02. The Morgan fingerprint density at radius 3 is 2.00 bits per heavy atom. The summed E-state index contributed by atoms with van der Waals surface area (Å²) in [7, 11) is 1.50. The Kier molecular flexibility index (Phi) is 4.77. The first-order chi connectivity index (χ1) is 5.30. The number of hydrogen-bond acceptors (Lipinski definition) is 2. The minimum absolute atomic E-state index is 0.331. The smallest absolute Gasteiger partial charge is 0.335 e. The van der Waals surface area contributed by atoms with Crippen molar-refractivity contribution >= 4 is 5.97 Å². The summed E-state index contributed by atoms with van der Waals surface area (Å²) in [6, 6.07) is 8.30. The maximum absolute atomic E-state index is 10.2. The van der Waals surface area contributed by atoms with Gasteiger partial charge in [-0.1, -0.05) is 18.2 Å². The molecule has 0 aromatic heterocycles. The van der Waals surface area contributed by atoms with E-state index in [1.807, 2.05) is 0 Å². The number of aromatic carboxylic acids is 1. The van der Waals surface area contributed by atoms with Crippen LogP contribution in [0.2, 0.25) is 0 Å². The van der Waals surface area contributed by atoms with Gasteiger partial charge in [0, 0.05) is 0 Å². The zero-order valence-corrected chi connectivity index (χ0v) is 6.32. The summed E-state index contributed by atoms with van der Waals surface area (Å²) >= 11 is 0. The lowest BCUT2D eigenvalue weighted by Crippen LogP contribution is -1.93. The molecule has 0 amide bonds. The van der Waals surface area contributed by atoms with Crippen LogP contribution in [0.25, 0.3) is 0 Å². The van der Waals surface area contributed by atoms with Crippen LogP contribution in [0.1, 0.15) is 10.4 Å². The Balaban J connectivity index is 0.000000461. The normalized spacial score (nSPS) is 7.82. The van der Waals surface area contributed by atoms with E-state index < -0.39 is 5.97 Å². The predicted octanol–water partition coefficient (Wildman–Crippen LogP) is 0.960. The monoisotopic (exact) mass is 153 g/mol. The van der Waals surface area contributed by atoms with Gasteiger partial charge in [-0.25, -0.2) is 4.79 Å². The van der Waals surface area contributed by atoms with Gasteiger partial charge in [-0.15, -0.1) is 0 Å². The van der Waals surface area contributed by atoms with Crippen molar-refractivity contribution in [2.75, 3.05) is 7.05 Å². The van der Waals surface area contributed by atoms with Crippen molar-refractivity contribution in [2.24, 2.45) is 5.73 Å². The van der Waals surface area contributed by atoms with Crippen LogP contribution >= 0.6 is 0 Å². The van der Waals surface area contributed by atoms with Gasteiger partial charge in [0.05, 0.1) is 5.56 Å². The van der Waals surface area contributed by atoms with Crippen molar-refractivity contribution < 1.29 is 9.90 Å².